The lowest BCUT2D eigenvalue weighted by Crippen LogP contribution is -2.33. The molecule has 1 heterocycles. The number of benzene rings is 1. The van der Waals surface area contributed by atoms with Crippen molar-refractivity contribution in [2.24, 2.45) is 11.7 Å². The first-order chi connectivity index (χ1) is 13.0. The zero-order valence-electron chi connectivity index (χ0n) is 16.3. The molecular formula is C21H33FN4O. The monoisotopic (exact) mass is 376 g/mol. The van der Waals surface area contributed by atoms with E-state index in [0.717, 1.165) is 63.5 Å². The molecule has 1 aliphatic heterocycles. The van der Waals surface area contributed by atoms with Gasteiger partial charge in [0.2, 0.25) is 5.91 Å². The Balaban J connectivity index is 1.29. The summed E-state index contributed by atoms with van der Waals surface area (Å²) in [6.45, 7) is 0.826. The summed E-state index contributed by atoms with van der Waals surface area (Å²) in [5.74, 6) is 0.220. The van der Waals surface area contributed by atoms with Crippen LogP contribution in [0, 0.1) is 11.7 Å². The van der Waals surface area contributed by atoms with Crippen molar-refractivity contribution in [3.63, 3.8) is 0 Å². The third-order valence-corrected chi connectivity index (χ3v) is 5.98. The van der Waals surface area contributed by atoms with Crippen LogP contribution in [0.5, 0.6) is 0 Å². The molecule has 2 aliphatic rings. The normalized spacial score (nSPS) is 27.8. The van der Waals surface area contributed by atoms with Crippen LogP contribution in [-0.2, 0) is 4.79 Å². The summed E-state index contributed by atoms with van der Waals surface area (Å²) in [4.78, 5) is 14.3. The van der Waals surface area contributed by atoms with E-state index in [1.165, 1.54) is 6.07 Å². The van der Waals surface area contributed by atoms with Gasteiger partial charge in [-0.3, -0.25) is 15.6 Å². The number of carbonyl (C=O) groups is 1. The van der Waals surface area contributed by atoms with E-state index in [2.05, 4.69) is 10.9 Å². The van der Waals surface area contributed by atoms with Crippen molar-refractivity contribution in [2.45, 2.75) is 69.5 Å². The highest BCUT2D eigenvalue weighted by atomic mass is 19.1. The highest BCUT2D eigenvalue weighted by molar-refractivity contribution is 5.78. The van der Waals surface area contributed by atoms with Crippen LogP contribution < -0.4 is 16.6 Å². The summed E-state index contributed by atoms with van der Waals surface area (Å²) in [5.41, 5.74) is 13.5. The summed E-state index contributed by atoms with van der Waals surface area (Å²) in [5, 5.41) is 0. The Labute approximate surface area is 161 Å². The SMILES string of the molecule is CN(CCCCCC1CC(c2cccc(F)c2)NN1)C(=O)C1CCC(N)C1. The molecule has 1 saturated heterocycles. The molecule has 4 N–H and O–H groups in total. The van der Waals surface area contributed by atoms with E-state index in [4.69, 9.17) is 5.73 Å². The Bertz CT molecular complexity index is 626. The van der Waals surface area contributed by atoms with E-state index in [-0.39, 0.29) is 29.7 Å². The molecule has 0 spiro atoms. The molecule has 0 bridgehead atoms. The number of nitrogens with zero attached hydrogens (tertiary/aromatic N) is 1. The number of hydrogen-bond acceptors (Lipinski definition) is 4. The van der Waals surface area contributed by atoms with Crippen molar-refractivity contribution in [2.75, 3.05) is 13.6 Å². The topological polar surface area (TPSA) is 70.4 Å². The van der Waals surface area contributed by atoms with Gasteiger partial charge in [0.1, 0.15) is 5.82 Å². The zero-order valence-corrected chi connectivity index (χ0v) is 16.3. The molecule has 150 valence electrons. The minimum atomic E-state index is -0.184. The molecule has 6 heteroatoms. The maximum Gasteiger partial charge on any atom is 0.225 e. The van der Waals surface area contributed by atoms with Gasteiger partial charge in [-0.15, -0.1) is 0 Å². The van der Waals surface area contributed by atoms with Gasteiger partial charge in [0.15, 0.2) is 0 Å². The van der Waals surface area contributed by atoms with Crippen molar-refractivity contribution >= 4 is 5.91 Å². The fraction of sp³-hybridized carbons (Fsp3) is 0.667. The van der Waals surface area contributed by atoms with E-state index in [9.17, 15) is 9.18 Å². The molecule has 1 amide bonds. The van der Waals surface area contributed by atoms with Gasteiger partial charge in [-0.05, 0) is 56.2 Å². The molecule has 27 heavy (non-hydrogen) atoms. The first-order valence-corrected chi connectivity index (χ1v) is 10.3. The summed E-state index contributed by atoms with van der Waals surface area (Å²) in [6, 6.07) is 7.60. The summed E-state index contributed by atoms with van der Waals surface area (Å²) in [7, 11) is 1.91. The minimum absolute atomic E-state index is 0.138. The predicted octanol–water partition coefficient (Wildman–Crippen LogP) is 2.88. The zero-order chi connectivity index (χ0) is 19.2. The van der Waals surface area contributed by atoms with Crippen LogP contribution in [0.25, 0.3) is 0 Å². The van der Waals surface area contributed by atoms with Crippen molar-refractivity contribution in [1.82, 2.24) is 15.8 Å². The molecule has 4 atom stereocenters. The van der Waals surface area contributed by atoms with Crippen molar-refractivity contribution in [3.05, 3.63) is 35.6 Å². The minimum Gasteiger partial charge on any atom is -0.346 e. The smallest absolute Gasteiger partial charge is 0.225 e. The van der Waals surface area contributed by atoms with Gasteiger partial charge in [0.05, 0.1) is 0 Å². The van der Waals surface area contributed by atoms with Gasteiger partial charge in [0, 0.05) is 37.6 Å². The van der Waals surface area contributed by atoms with Crippen LogP contribution in [0.3, 0.4) is 0 Å². The molecule has 4 unspecified atom stereocenters. The number of unbranched alkanes of at least 4 members (excludes halogenated alkanes) is 2. The fourth-order valence-corrected chi connectivity index (χ4v) is 4.33. The fourth-order valence-electron chi connectivity index (χ4n) is 4.33. The van der Waals surface area contributed by atoms with Crippen molar-refractivity contribution in [3.8, 4) is 0 Å². The van der Waals surface area contributed by atoms with Gasteiger partial charge < -0.3 is 10.6 Å². The molecule has 1 aromatic rings. The van der Waals surface area contributed by atoms with Gasteiger partial charge in [-0.25, -0.2) is 4.39 Å². The van der Waals surface area contributed by atoms with Crippen LogP contribution in [0.15, 0.2) is 24.3 Å². The van der Waals surface area contributed by atoms with E-state index in [1.54, 1.807) is 12.1 Å². The quantitative estimate of drug-likeness (QED) is 0.610. The molecular weight excluding hydrogens is 343 g/mol. The number of amides is 1. The second kappa shape index (κ2) is 9.62. The molecule has 0 radical (unpaired) electrons. The number of hydrogen-bond donors (Lipinski definition) is 3. The number of hydrazine groups is 1. The van der Waals surface area contributed by atoms with Gasteiger partial charge in [-0.2, -0.15) is 0 Å². The van der Waals surface area contributed by atoms with E-state index >= 15 is 0 Å². The third kappa shape index (κ3) is 5.74. The highest BCUT2D eigenvalue weighted by Gasteiger charge is 2.29. The Kier molecular flexibility index (Phi) is 7.21. The first kappa shape index (κ1) is 20.2. The van der Waals surface area contributed by atoms with E-state index in [0.29, 0.717) is 6.04 Å². The molecule has 0 aromatic heterocycles. The Morgan fingerprint density at radius 3 is 2.81 bits per heavy atom. The molecule has 1 saturated carbocycles. The third-order valence-electron chi connectivity index (χ3n) is 5.98. The first-order valence-electron chi connectivity index (χ1n) is 10.3. The van der Waals surface area contributed by atoms with Crippen LogP contribution in [0.2, 0.25) is 0 Å². The average Bonchev–Trinajstić information content (AvgIpc) is 3.30. The van der Waals surface area contributed by atoms with Gasteiger partial charge >= 0.3 is 0 Å². The van der Waals surface area contributed by atoms with Crippen LogP contribution in [0.4, 0.5) is 4.39 Å². The predicted molar refractivity (Wildman–Crippen MR) is 105 cm³/mol. The number of rotatable bonds is 8. The lowest BCUT2D eigenvalue weighted by atomic mass is 9.99. The van der Waals surface area contributed by atoms with E-state index in [1.807, 2.05) is 18.0 Å². The second-order valence-electron chi connectivity index (χ2n) is 8.21. The second-order valence-corrected chi connectivity index (χ2v) is 8.21. The Hall–Kier alpha value is -1.50. The van der Waals surface area contributed by atoms with Gasteiger partial charge in [-0.1, -0.05) is 25.0 Å². The lowest BCUT2D eigenvalue weighted by molar-refractivity contribution is -0.134. The number of halogens is 1. The summed E-state index contributed by atoms with van der Waals surface area (Å²) in [6.07, 6.45) is 8.11. The Morgan fingerprint density at radius 2 is 2.07 bits per heavy atom. The van der Waals surface area contributed by atoms with Gasteiger partial charge in [0.25, 0.3) is 0 Å². The molecule has 1 aromatic carbocycles. The highest BCUT2D eigenvalue weighted by Crippen LogP contribution is 2.26. The van der Waals surface area contributed by atoms with Crippen LogP contribution >= 0.6 is 0 Å². The van der Waals surface area contributed by atoms with Crippen molar-refractivity contribution in [1.29, 1.82) is 0 Å². The standard InChI is InChI=1S/C21H33FN4O/c1-26(21(27)16-9-10-18(23)13-16)11-4-2-3-8-19-14-20(25-24-19)15-6-5-7-17(22)12-15/h5-7,12,16,18-20,24-25H,2-4,8-11,13-14,23H2,1H3. The number of carbonyl (C=O) groups excluding carboxylic acids is 1. The van der Waals surface area contributed by atoms with E-state index < -0.39 is 0 Å². The molecule has 2 fully saturated rings. The molecule has 3 rings (SSSR count). The van der Waals surface area contributed by atoms with Crippen LogP contribution in [-0.4, -0.2) is 36.5 Å². The summed E-state index contributed by atoms with van der Waals surface area (Å²) < 4.78 is 13.4. The number of nitrogens with two attached hydrogens (primary N) is 1. The summed E-state index contributed by atoms with van der Waals surface area (Å²) >= 11 is 0. The maximum atomic E-state index is 13.4. The maximum absolute atomic E-state index is 13.4. The number of nitrogens with one attached hydrogen (secondary N) is 2. The van der Waals surface area contributed by atoms with Crippen LogP contribution in [0.1, 0.15) is 63.0 Å². The average molecular weight is 377 g/mol. The lowest BCUT2D eigenvalue weighted by Gasteiger charge is -2.21. The molecule has 1 aliphatic carbocycles. The largest absolute Gasteiger partial charge is 0.346 e. The Morgan fingerprint density at radius 1 is 1.22 bits per heavy atom. The van der Waals surface area contributed by atoms with Crippen molar-refractivity contribution < 1.29 is 9.18 Å². The molecule has 5 nitrogen and oxygen atoms in total.